The summed E-state index contributed by atoms with van der Waals surface area (Å²) in [5, 5.41) is 6.98. The van der Waals surface area contributed by atoms with E-state index in [0.717, 1.165) is 25.4 Å². The summed E-state index contributed by atoms with van der Waals surface area (Å²) in [5.41, 5.74) is 1.29. The minimum absolute atomic E-state index is 0.657. The summed E-state index contributed by atoms with van der Waals surface area (Å²) >= 11 is 0. The highest BCUT2D eigenvalue weighted by atomic mass is 16.5. The Bertz CT molecular complexity index is 335. The molecule has 17 heavy (non-hydrogen) atoms. The fourth-order valence-electron chi connectivity index (χ4n) is 2.23. The third-order valence-corrected chi connectivity index (χ3v) is 3.09. The van der Waals surface area contributed by atoms with Gasteiger partial charge in [-0.3, -0.25) is 0 Å². The minimum atomic E-state index is 0.657. The van der Waals surface area contributed by atoms with Crippen molar-refractivity contribution in [1.29, 1.82) is 0 Å². The molecule has 1 aliphatic rings. The van der Waals surface area contributed by atoms with E-state index in [-0.39, 0.29) is 0 Å². The van der Waals surface area contributed by atoms with E-state index >= 15 is 0 Å². The van der Waals surface area contributed by atoms with Crippen molar-refractivity contribution in [1.82, 2.24) is 10.6 Å². The van der Waals surface area contributed by atoms with Gasteiger partial charge in [-0.25, -0.2) is 0 Å². The highest BCUT2D eigenvalue weighted by Crippen LogP contribution is 2.13. The average Bonchev–Trinajstić information content (AvgIpc) is 2.83. The second kappa shape index (κ2) is 6.62. The zero-order valence-electron chi connectivity index (χ0n) is 10.5. The van der Waals surface area contributed by atoms with E-state index in [0.29, 0.717) is 6.04 Å². The van der Waals surface area contributed by atoms with E-state index in [4.69, 9.17) is 4.74 Å². The number of ether oxygens (including phenoxy) is 1. The Morgan fingerprint density at radius 1 is 1.47 bits per heavy atom. The first kappa shape index (κ1) is 12.4. The summed E-state index contributed by atoms with van der Waals surface area (Å²) in [6, 6.07) is 8.96. The Labute approximate surface area is 104 Å². The molecule has 94 valence electrons. The van der Waals surface area contributed by atoms with Crippen LogP contribution in [0.25, 0.3) is 0 Å². The Hall–Kier alpha value is -1.06. The quantitative estimate of drug-likeness (QED) is 0.789. The van der Waals surface area contributed by atoms with Gasteiger partial charge in [0, 0.05) is 19.1 Å². The molecule has 0 radical (unpaired) electrons. The molecule has 0 aliphatic carbocycles. The number of hydrogen-bond acceptors (Lipinski definition) is 3. The first-order valence-electron chi connectivity index (χ1n) is 6.54. The van der Waals surface area contributed by atoms with Gasteiger partial charge in [0.1, 0.15) is 5.75 Å². The molecule has 0 aromatic heterocycles. The van der Waals surface area contributed by atoms with Crippen LogP contribution >= 0.6 is 0 Å². The molecule has 2 rings (SSSR count). The van der Waals surface area contributed by atoms with Crippen molar-refractivity contribution in [3.63, 3.8) is 0 Å². The third kappa shape index (κ3) is 4.02. The standard InChI is InChI=1S/C14H22N2O/c1-2-17-14-7-3-5-12(9-14)10-15-11-13-6-4-8-16-13/h3,5,7,9,13,15-16H,2,4,6,8,10-11H2,1H3. The predicted octanol–water partition coefficient (Wildman–Crippen LogP) is 1.93. The normalized spacial score (nSPS) is 19.5. The van der Waals surface area contributed by atoms with Crippen LogP contribution in [0.1, 0.15) is 25.3 Å². The van der Waals surface area contributed by atoms with Crippen LogP contribution in [0.2, 0.25) is 0 Å². The van der Waals surface area contributed by atoms with E-state index in [1.54, 1.807) is 0 Å². The third-order valence-electron chi connectivity index (χ3n) is 3.09. The van der Waals surface area contributed by atoms with Crippen molar-refractivity contribution in [2.45, 2.75) is 32.4 Å². The Kier molecular flexibility index (Phi) is 4.83. The summed E-state index contributed by atoms with van der Waals surface area (Å²) < 4.78 is 5.49. The topological polar surface area (TPSA) is 33.3 Å². The molecule has 0 bridgehead atoms. The highest BCUT2D eigenvalue weighted by molar-refractivity contribution is 5.28. The molecule has 3 nitrogen and oxygen atoms in total. The molecule has 2 N–H and O–H groups in total. The van der Waals surface area contributed by atoms with E-state index in [9.17, 15) is 0 Å². The lowest BCUT2D eigenvalue weighted by Gasteiger charge is -2.12. The van der Waals surface area contributed by atoms with Crippen LogP contribution in [0.3, 0.4) is 0 Å². The zero-order chi connectivity index (χ0) is 11.9. The first-order valence-corrected chi connectivity index (χ1v) is 6.54. The van der Waals surface area contributed by atoms with Crippen LogP contribution in [-0.4, -0.2) is 25.7 Å². The average molecular weight is 234 g/mol. The van der Waals surface area contributed by atoms with Crippen LogP contribution < -0.4 is 15.4 Å². The van der Waals surface area contributed by atoms with Gasteiger partial charge in [0.2, 0.25) is 0 Å². The summed E-state index contributed by atoms with van der Waals surface area (Å²) in [4.78, 5) is 0. The van der Waals surface area contributed by atoms with Crippen molar-refractivity contribution in [2.75, 3.05) is 19.7 Å². The van der Waals surface area contributed by atoms with Crippen molar-refractivity contribution in [3.05, 3.63) is 29.8 Å². The maximum Gasteiger partial charge on any atom is 0.119 e. The lowest BCUT2D eigenvalue weighted by atomic mass is 10.2. The molecule has 1 saturated heterocycles. The summed E-state index contributed by atoms with van der Waals surface area (Å²) in [6.45, 7) is 5.88. The molecule has 1 aliphatic heterocycles. The lowest BCUT2D eigenvalue weighted by molar-refractivity contribution is 0.340. The van der Waals surface area contributed by atoms with Crippen LogP contribution in [0.15, 0.2) is 24.3 Å². The summed E-state index contributed by atoms with van der Waals surface area (Å²) in [5.74, 6) is 0.964. The predicted molar refractivity (Wildman–Crippen MR) is 70.3 cm³/mol. The lowest BCUT2D eigenvalue weighted by Crippen LogP contribution is -2.33. The monoisotopic (exact) mass is 234 g/mol. The molecule has 1 heterocycles. The highest BCUT2D eigenvalue weighted by Gasteiger charge is 2.12. The van der Waals surface area contributed by atoms with Gasteiger partial charge in [-0.1, -0.05) is 12.1 Å². The molecule has 1 atom stereocenters. The first-order chi connectivity index (χ1) is 8.38. The van der Waals surface area contributed by atoms with E-state index in [1.807, 2.05) is 13.0 Å². The second-order valence-corrected chi connectivity index (χ2v) is 4.50. The Morgan fingerprint density at radius 2 is 2.41 bits per heavy atom. The molecule has 3 heteroatoms. The Balaban J connectivity index is 1.75. The fraction of sp³-hybridized carbons (Fsp3) is 0.571. The molecule has 0 saturated carbocycles. The molecule has 0 amide bonds. The number of hydrogen-bond donors (Lipinski definition) is 2. The van der Waals surface area contributed by atoms with Gasteiger partial charge in [0.25, 0.3) is 0 Å². The van der Waals surface area contributed by atoms with Crippen LogP contribution in [-0.2, 0) is 6.54 Å². The van der Waals surface area contributed by atoms with Gasteiger partial charge >= 0.3 is 0 Å². The van der Waals surface area contributed by atoms with Gasteiger partial charge in [0.15, 0.2) is 0 Å². The van der Waals surface area contributed by atoms with E-state index in [2.05, 4.69) is 28.8 Å². The number of benzene rings is 1. The minimum Gasteiger partial charge on any atom is -0.494 e. The van der Waals surface area contributed by atoms with Gasteiger partial charge in [-0.15, -0.1) is 0 Å². The second-order valence-electron chi connectivity index (χ2n) is 4.50. The molecular formula is C14H22N2O. The molecular weight excluding hydrogens is 212 g/mol. The SMILES string of the molecule is CCOc1cccc(CNCC2CCCN2)c1. The molecule has 1 unspecified atom stereocenters. The number of rotatable bonds is 6. The molecule has 1 fully saturated rings. The Morgan fingerprint density at radius 3 is 3.18 bits per heavy atom. The zero-order valence-corrected chi connectivity index (χ0v) is 10.5. The molecule has 1 aromatic carbocycles. The van der Waals surface area contributed by atoms with Crippen LogP contribution in [0.5, 0.6) is 5.75 Å². The van der Waals surface area contributed by atoms with Gasteiger partial charge < -0.3 is 15.4 Å². The van der Waals surface area contributed by atoms with Gasteiger partial charge in [-0.05, 0) is 44.0 Å². The van der Waals surface area contributed by atoms with Crippen molar-refractivity contribution < 1.29 is 4.74 Å². The van der Waals surface area contributed by atoms with Crippen molar-refractivity contribution >= 4 is 0 Å². The van der Waals surface area contributed by atoms with Crippen LogP contribution in [0, 0.1) is 0 Å². The molecule has 0 spiro atoms. The van der Waals surface area contributed by atoms with Gasteiger partial charge in [-0.2, -0.15) is 0 Å². The summed E-state index contributed by atoms with van der Waals surface area (Å²) in [7, 11) is 0. The van der Waals surface area contributed by atoms with Gasteiger partial charge in [0.05, 0.1) is 6.61 Å². The molecule has 1 aromatic rings. The maximum absolute atomic E-state index is 5.49. The maximum atomic E-state index is 5.49. The fourth-order valence-corrected chi connectivity index (χ4v) is 2.23. The van der Waals surface area contributed by atoms with E-state index in [1.165, 1.54) is 24.9 Å². The summed E-state index contributed by atoms with van der Waals surface area (Å²) in [6.07, 6.45) is 2.61. The largest absolute Gasteiger partial charge is 0.494 e. The van der Waals surface area contributed by atoms with Crippen molar-refractivity contribution in [2.24, 2.45) is 0 Å². The van der Waals surface area contributed by atoms with Crippen molar-refractivity contribution in [3.8, 4) is 5.75 Å². The number of nitrogens with one attached hydrogen (secondary N) is 2. The smallest absolute Gasteiger partial charge is 0.119 e. The van der Waals surface area contributed by atoms with E-state index < -0.39 is 0 Å². The van der Waals surface area contributed by atoms with Crippen LogP contribution in [0.4, 0.5) is 0 Å².